The maximum atomic E-state index is 13.1. The largest absolute Gasteiger partial charge is 0.371 e. The van der Waals surface area contributed by atoms with Gasteiger partial charge in [0.2, 0.25) is 5.89 Å². The number of halogens is 1. The normalized spacial score (nSPS) is 20.6. The molecule has 1 aromatic carbocycles. The zero-order valence-electron chi connectivity index (χ0n) is 13.5. The zero-order valence-corrected chi connectivity index (χ0v) is 13.5. The molecule has 0 amide bonds. The summed E-state index contributed by atoms with van der Waals surface area (Å²) >= 11 is 0. The molecule has 5 nitrogen and oxygen atoms in total. The molecule has 1 aliphatic rings. The first kappa shape index (κ1) is 16.1. The summed E-state index contributed by atoms with van der Waals surface area (Å²) in [6.07, 6.45) is 1.76. The Balaban J connectivity index is 1.68. The van der Waals surface area contributed by atoms with Crippen LogP contribution < -0.4 is 0 Å². The predicted molar refractivity (Wildman–Crippen MR) is 83.4 cm³/mol. The van der Waals surface area contributed by atoms with Crippen molar-refractivity contribution in [3.63, 3.8) is 0 Å². The van der Waals surface area contributed by atoms with Crippen LogP contribution in [0.25, 0.3) is 0 Å². The summed E-state index contributed by atoms with van der Waals surface area (Å²) in [6.45, 7) is 6.32. The first-order valence-electron chi connectivity index (χ1n) is 8.11. The second-order valence-electron chi connectivity index (χ2n) is 5.88. The number of ether oxygens (including phenoxy) is 1. The van der Waals surface area contributed by atoms with Crippen molar-refractivity contribution in [3.8, 4) is 0 Å². The Morgan fingerprint density at radius 1 is 1.35 bits per heavy atom. The monoisotopic (exact) mass is 319 g/mol. The fourth-order valence-corrected chi connectivity index (χ4v) is 2.82. The Morgan fingerprint density at radius 2 is 2.13 bits per heavy atom. The van der Waals surface area contributed by atoms with Crippen LogP contribution in [0.5, 0.6) is 0 Å². The van der Waals surface area contributed by atoms with Gasteiger partial charge in [0.1, 0.15) is 5.82 Å². The summed E-state index contributed by atoms with van der Waals surface area (Å²) in [6, 6.07) is 6.53. The van der Waals surface area contributed by atoms with Crippen LogP contribution in [0, 0.1) is 5.82 Å². The van der Waals surface area contributed by atoms with Crippen molar-refractivity contribution < 1.29 is 13.7 Å². The third-order valence-corrected chi connectivity index (χ3v) is 4.20. The molecule has 1 fully saturated rings. The van der Waals surface area contributed by atoms with Gasteiger partial charge in [0.25, 0.3) is 0 Å². The number of aryl methyl sites for hydroxylation is 1. The van der Waals surface area contributed by atoms with Crippen molar-refractivity contribution in [2.75, 3.05) is 19.7 Å². The molecular weight excluding hydrogens is 297 g/mol. The van der Waals surface area contributed by atoms with Gasteiger partial charge in [0, 0.05) is 19.5 Å². The number of morpholine rings is 1. The van der Waals surface area contributed by atoms with E-state index in [9.17, 15) is 4.39 Å². The molecule has 6 heteroatoms. The quantitative estimate of drug-likeness (QED) is 0.846. The predicted octanol–water partition coefficient (Wildman–Crippen LogP) is 3.30. The van der Waals surface area contributed by atoms with Crippen LogP contribution in [-0.2, 0) is 11.2 Å². The van der Waals surface area contributed by atoms with E-state index in [0.29, 0.717) is 12.5 Å². The van der Waals surface area contributed by atoms with E-state index in [1.54, 1.807) is 12.1 Å². The Kier molecular flexibility index (Phi) is 5.03. The Morgan fingerprint density at radius 3 is 2.87 bits per heavy atom. The number of aromatic nitrogens is 2. The van der Waals surface area contributed by atoms with E-state index in [0.717, 1.165) is 37.3 Å². The Bertz CT molecular complexity index is 629. The van der Waals surface area contributed by atoms with Gasteiger partial charge in [0.05, 0.1) is 18.8 Å². The van der Waals surface area contributed by atoms with E-state index < -0.39 is 0 Å². The summed E-state index contributed by atoms with van der Waals surface area (Å²) in [4.78, 5) is 6.74. The fraction of sp³-hybridized carbons (Fsp3) is 0.529. The second-order valence-corrected chi connectivity index (χ2v) is 5.88. The van der Waals surface area contributed by atoms with E-state index in [-0.39, 0.29) is 18.0 Å². The van der Waals surface area contributed by atoms with Crippen molar-refractivity contribution in [2.45, 2.75) is 38.8 Å². The lowest BCUT2D eigenvalue weighted by Gasteiger charge is -2.35. The minimum absolute atomic E-state index is 0.0416. The van der Waals surface area contributed by atoms with Crippen LogP contribution in [0.3, 0.4) is 0 Å². The third kappa shape index (κ3) is 3.76. The second kappa shape index (κ2) is 7.19. The highest BCUT2D eigenvalue weighted by atomic mass is 19.1. The van der Waals surface area contributed by atoms with E-state index in [1.165, 1.54) is 12.1 Å². The highest BCUT2D eigenvalue weighted by Gasteiger charge is 2.28. The minimum Gasteiger partial charge on any atom is -0.371 e. The Labute approximate surface area is 135 Å². The molecule has 0 N–H and O–H groups in total. The number of rotatable bonds is 5. The summed E-state index contributed by atoms with van der Waals surface area (Å²) in [5, 5.41) is 4.02. The van der Waals surface area contributed by atoms with Gasteiger partial charge in [0.15, 0.2) is 5.82 Å². The van der Waals surface area contributed by atoms with Crippen LogP contribution in [0.4, 0.5) is 4.39 Å². The number of benzene rings is 1. The van der Waals surface area contributed by atoms with Crippen LogP contribution in [-0.4, -0.2) is 34.7 Å². The van der Waals surface area contributed by atoms with Gasteiger partial charge in [-0.3, -0.25) is 4.90 Å². The summed E-state index contributed by atoms with van der Waals surface area (Å²) in [5.74, 6) is 1.18. The van der Waals surface area contributed by atoms with Gasteiger partial charge in [-0.15, -0.1) is 0 Å². The summed E-state index contributed by atoms with van der Waals surface area (Å²) in [5.41, 5.74) is 0.987. The highest BCUT2D eigenvalue weighted by Crippen LogP contribution is 2.28. The number of hydrogen-bond donors (Lipinski definition) is 0. The van der Waals surface area contributed by atoms with Gasteiger partial charge in [-0.1, -0.05) is 24.2 Å². The first-order chi connectivity index (χ1) is 11.2. The minimum atomic E-state index is -0.232. The lowest BCUT2D eigenvalue weighted by atomic mass is 10.1. The summed E-state index contributed by atoms with van der Waals surface area (Å²) in [7, 11) is 0. The SMILES string of the molecule is CCCc1noc([C@H](C)N2CCO[C@H](c3ccc(F)cc3)C2)n1. The van der Waals surface area contributed by atoms with Crippen LogP contribution in [0.1, 0.15) is 49.7 Å². The molecule has 0 saturated carbocycles. The van der Waals surface area contributed by atoms with Crippen molar-refractivity contribution in [1.82, 2.24) is 15.0 Å². The maximum absolute atomic E-state index is 13.1. The van der Waals surface area contributed by atoms with Crippen LogP contribution in [0.15, 0.2) is 28.8 Å². The average molecular weight is 319 g/mol. The molecule has 23 heavy (non-hydrogen) atoms. The molecular formula is C17H22FN3O2. The van der Waals surface area contributed by atoms with E-state index in [2.05, 4.69) is 28.9 Å². The summed E-state index contributed by atoms with van der Waals surface area (Å²) < 4.78 is 24.3. The molecule has 2 aromatic rings. The Hall–Kier alpha value is -1.79. The molecule has 0 bridgehead atoms. The van der Waals surface area contributed by atoms with E-state index in [1.807, 2.05) is 0 Å². The van der Waals surface area contributed by atoms with Crippen LogP contribution >= 0.6 is 0 Å². The molecule has 0 aliphatic carbocycles. The smallest absolute Gasteiger partial charge is 0.243 e. The van der Waals surface area contributed by atoms with Gasteiger partial charge < -0.3 is 9.26 Å². The molecule has 2 heterocycles. The number of hydrogen-bond acceptors (Lipinski definition) is 5. The van der Waals surface area contributed by atoms with Gasteiger partial charge in [-0.2, -0.15) is 4.98 Å². The van der Waals surface area contributed by atoms with E-state index >= 15 is 0 Å². The lowest BCUT2D eigenvalue weighted by molar-refractivity contribution is -0.0469. The van der Waals surface area contributed by atoms with Crippen molar-refractivity contribution in [2.24, 2.45) is 0 Å². The van der Waals surface area contributed by atoms with Crippen molar-refractivity contribution >= 4 is 0 Å². The molecule has 0 spiro atoms. The molecule has 3 rings (SSSR count). The number of nitrogens with zero attached hydrogens (tertiary/aromatic N) is 3. The third-order valence-electron chi connectivity index (χ3n) is 4.20. The van der Waals surface area contributed by atoms with Gasteiger partial charge in [-0.25, -0.2) is 4.39 Å². The van der Waals surface area contributed by atoms with Gasteiger partial charge >= 0.3 is 0 Å². The topological polar surface area (TPSA) is 51.4 Å². The maximum Gasteiger partial charge on any atom is 0.243 e. The molecule has 124 valence electrons. The zero-order chi connectivity index (χ0) is 16.2. The van der Waals surface area contributed by atoms with E-state index in [4.69, 9.17) is 9.26 Å². The first-order valence-corrected chi connectivity index (χ1v) is 8.11. The average Bonchev–Trinajstić information content (AvgIpc) is 3.04. The molecule has 0 unspecified atom stereocenters. The molecule has 1 aromatic heterocycles. The fourth-order valence-electron chi connectivity index (χ4n) is 2.82. The lowest BCUT2D eigenvalue weighted by Crippen LogP contribution is -2.40. The van der Waals surface area contributed by atoms with Crippen molar-refractivity contribution in [1.29, 1.82) is 0 Å². The standard InChI is InChI=1S/C17H22FN3O2/c1-3-4-16-19-17(23-20-16)12(2)21-9-10-22-15(11-21)13-5-7-14(18)8-6-13/h5-8,12,15H,3-4,9-11H2,1-2H3/t12-,15-/m0/s1. The molecule has 1 saturated heterocycles. The van der Waals surface area contributed by atoms with Crippen LogP contribution in [0.2, 0.25) is 0 Å². The molecule has 2 atom stereocenters. The van der Waals surface area contributed by atoms with Crippen molar-refractivity contribution in [3.05, 3.63) is 47.4 Å². The molecule has 1 aliphatic heterocycles. The molecule has 0 radical (unpaired) electrons. The highest BCUT2D eigenvalue weighted by molar-refractivity contribution is 5.19. The van der Waals surface area contributed by atoms with Gasteiger partial charge in [-0.05, 0) is 31.0 Å².